The molecule has 0 fully saturated rings. The Hall–Kier alpha value is -0.550. The first kappa shape index (κ1) is 9.45. The van der Waals surface area contributed by atoms with Crippen LogP contribution in [0.15, 0.2) is 0 Å². The number of hydrogen-bond donors (Lipinski definition) is 1. The van der Waals surface area contributed by atoms with Gasteiger partial charge in [-0.2, -0.15) is 5.26 Å². The zero-order chi connectivity index (χ0) is 7.82. The van der Waals surface area contributed by atoms with Crippen molar-refractivity contribution in [2.75, 3.05) is 6.54 Å². The van der Waals surface area contributed by atoms with Gasteiger partial charge in [0.15, 0.2) is 0 Å². The largest absolute Gasteiger partial charge is 0.302 e. The van der Waals surface area contributed by atoms with Crippen molar-refractivity contribution < 1.29 is 0 Å². The van der Waals surface area contributed by atoms with E-state index in [0.29, 0.717) is 0 Å². The summed E-state index contributed by atoms with van der Waals surface area (Å²) in [5, 5.41) is 11.7. The van der Waals surface area contributed by atoms with Gasteiger partial charge in [-0.1, -0.05) is 26.7 Å². The van der Waals surface area contributed by atoms with Crippen molar-refractivity contribution in [3.05, 3.63) is 0 Å². The summed E-state index contributed by atoms with van der Waals surface area (Å²) in [6.07, 6.45) is 3.30. The molecule has 0 aromatic rings. The fourth-order valence-electron chi connectivity index (χ4n) is 0.867. The Morgan fingerprint density at radius 2 is 2.20 bits per heavy atom. The molecule has 0 rings (SSSR count). The molecule has 0 aliphatic rings. The van der Waals surface area contributed by atoms with E-state index in [0.717, 1.165) is 19.4 Å². The van der Waals surface area contributed by atoms with Gasteiger partial charge >= 0.3 is 0 Å². The molecule has 58 valence electrons. The van der Waals surface area contributed by atoms with Crippen molar-refractivity contribution in [3.63, 3.8) is 0 Å². The molecule has 0 saturated heterocycles. The van der Waals surface area contributed by atoms with Gasteiger partial charge < -0.3 is 5.32 Å². The van der Waals surface area contributed by atoms with Gasteiger partial charge in [0.25, 0.3) is 0 Å². The standard InChI is InChI=1S/C8H16N2/c1-3-5-6-8(7-9)10-4-2/h8,10H,3-6H2,1-2H3. The van der Waals surface area contributed by atoms with Gasteiger partial charge in [-0.3, -0.25) is 0 Å². The van der Waals surface area contributed by atoms with Crippen molar-refractivity contribution in [2.45, 2.75) is 39.2 Å². The van der Waals surface area contributed by atoms with E-state index >= 15 is 0 Å². The van der Waals surface area contributed by atoms with Crippen LogP contribution in [0.25, 0.3) is 0 Å². The molecule has 0 aliphatic heterocycles. The number of hydrogen-bond acceptors (Lipinski definition) is 2. The smallest absolute Gasteiger partial charge is 0.0952 e. The van der Waals surface area contributed by atoms with Crippen LogP contribution in [-0.4, -0.2) is 12.6 Å². The van der Waals surface area contributed by atoms with Gasteiger partial charge in [-0.15, -0.1) is 0 Å². The highest BCUT2D eigenvalue weighted by Crippen LogP contribution is 1.98. The molecule has 2 heteroatoms. The lowest BCUT2D eigenvalue weighted by molar-refractivity contribution is 0.556. The van der Waals surface area contributed by atoms with Crippen molar-refractivity contribution >= 4 is 0 Å². The zero-order valence-corrected chi connectivity index (χ0v) is 6.85. The maximum atomic E-state index is 8.57. The SMILES string of the molecule is CCCCC(C#N)NCC. The Morgan fingerprint density at radius 1 is 1.50 bits per heavy atom. The number of nitrogens with one attached hydrogen (secondary N) is 1. The van der Waals surface area contributed by atoms with Crippen LogP contribution in [0.3, 0.4) is 0 Å². The number of nitrogens with zero attached hydrogens (tertiary/aromatic N) is 1. The molecule has 0 bridgehead atoms. The molecule has 10 heavy (non-hydrogen) atoms. The Bertz CT molecular complexity index is 104. The molecule has 0 aromatic carbocycles. The Morgan fingerprint density at radius 3 is 2.60 bits per heavy atom. The molecule has 2 nitrogen and oxygen atoms in total. The fourth-order valence-corrected chi connectivity index (χ4v) is 0.867. The maximum absolute atomic E-state index is 8.57. The normalized spacial score (nSPS) is 12.5. The molecule has 0 aliphatic carbocycles. The van der Waals surface area contributed by atoms with Crippen molar-refractivity contribution in [2.24, 2.45) is 0 Å². The van der Waals surface area contributed by atoms with Gasteiger partial charge in [0.1, 0.15) is 0 Å². The third-order valence-corrected chi connectivity index (χ3v) is 1.45. The van der Waals surface area contributed by atoms with Crippen LogP contribution < -0.4 is 5.32 Å². The number of nitriles is 1. The number of rotatable bonds is 5. The van der Waals surface area contributed by atoms with Gasteiger partial charge in [0.2, 0.25) is 0 Å². The Kier molecular flexibility index (Phi) is 6.21. The number of unbranched alkanes of at least 4 members (excludes halogenated alkanes) is 1. The highest BCUT2D eigenvalue weighted by molar-refractivity contribution is 4.88. The third kappa shape index (κ3) is 4.34. The first-order valence-electron chi connectivity index (χ1n) is 3.98. The van der Waals surface area contributed by atoms with Crippen LogP contribution in [0.1, 0.15) is 33.1 Å². The summed E-state index contributed by atoms with van der Waals surface area (Å²) < 4.78 is 0. The second kappa shape index (κ2) is 6.57. The molecule has 0 aromatic heterocycles. The predicted molar refractivity (Wildman–Crippen MR) is 42.6 cm³/mol. The van der Waals surface area contributed by atoms with E-state index in [4.69, 9.17) is 5.26 Å². The van der Waals surface area contributed by atoms with Crippen LogP contribution >= 0.6 is 0 Å². The van der Waals surface area contributed by atoms with E-state index in [9.17, 15) is 0 Å². The fraction of sp³-hybridized carbons (Fsp3) is 0.875. The molecule has 1 N–H and O–H groups in total. The third-order valence-electron chi connectivity index (χ3n) is 1.45. The predicted octanol–water partition coefficient (Wildman–Crippen LogP) is 1.68. The first-order valence-corrected chi connectivity index (χ1v) is 3.98. The van der Waals surface area contributed by atoms with E-state index in [1.54, 1.807) is 0 Å². The molecule has 0 saturated carbocycles. The molecule has 0 amide bonds. The molecule has 0 heterocycles. The van der Waals surface area contributed by atoms with Gasteiger partial charge in [-0.05, 0) is 13.0 Å². The van der Waals surface area contributed by atoms with Crippen LogP contribution in [0.2, 0.25) is 0 Å². The molecule has 0 spiro atoms. The molecule has 0 radical (unpaired) electrons. The van der Waals surface area contributed by atoms with Gasteiger partial charge in [0, 0.05) is 0 Å². The highest BCUT2D eigenvalue weighted by Gasteiger charge is 2.01. The van der Waals surface area contributed by atoms with E-state index < -0.39 is 0 Å². The summed E-state index contributed by atoms with van der Waals surface area (Å²) in [6.45, 7) is 5.05. The zero-order valence-electron chi connectivity index (χ0n) is 6.85. The summed E-state index contributed by atoms with van der Waals surface area (Å²) in [5.74, 6) is 0. The lowest BCUT2D eigenvalue weighted by atomic mass is 10.1. The summed E-state index contributed by atoms with van der Waals surface area (Å²) in [6, 6.07) is 2.30. The van der Waals surface area contributed by atoms with Crippen LogP contribution in [0, 0.1) is 11.3 Å². The lowest BCUT2D eigenvalue weighted by Crippen LogP contribution is -2.26. The summed E-state index contributed by atoms with van der Waals surface area (Å²) >= 11 is 0. The minimum Gasteiger partial charge on any atom is -0.302 e. The quantitative estimate of drug-likeness (QED) is 0.630. The topological polar surface area (TPSA) is 35.8 Å². The van der Waals surface area contributed by atoms with E-state index in [1.807, 2.05) is 6.92 Å². The average Bonchev–Trinajstić information content (AvgIpc) is 1.98. The maximum Gasteiger partial charge on any atom is 0.0952 e. The second-order valence-electron chi connectivity index (χ2n) is 2.38. The van der Waals surface area contributed by atoms with E-state index in [-0.39, 0.29) is 6.04 Å². The Labute approximate surface area is 63.2 Å². The second-order valence-corrected chi connectivity index (χ2v) is 2.38. The van der Waals surface area contributed by atoms with E-state index in [1.165, 1.54) is 6.42 Å². The average molecular weight is 140 g/mol. The summed E-state index contributed by atoms with van der Waals surface area (Å²) in [7, 11) is 0. The van der Waals surface area contributed by atoms with Crippen LogP contribution in [0.4, 0.5) is 0 Å². The minimum absolute atomic E-state index is 0.0740. The highest BCUT2D eigenvalue weighted by atomic mass is 14.9. The lowest BCUT2D eigenvalue weighted by Gasteiger charge is -2.07. The summed E-state index contributed by atoms with van der Waals surface area (Å²) in [4.78, 5) is 0. The first-order chi connectivity index (χ1) is 4.85. The van der Waals surface area contributed by atoms with E-state index in [2.05, 4.69) is 18.3 Å². The van der Waals surface area contributed by atoms with Gasteiger partial charge in [0.05, 0.1) is 12.1 Å². The molecule has 1 atom stereocenters. The van der Waals surface area contributed by atoms with Crippen molar-refractivity contribution in [3.8, 4) is 6.07 Å². The van der Waals surface area contributed by atoms with Gasteiger partial charge in [-0.25, -0.2) is 0 Å². The molecular weight excluding hydrogens is 124 g/mol. The van der Waals surface area contributed by atoms with Crippen molar-refractivity contribution in [1.82, 2.24) is 5.32 Å². The van der Waals surface area contributed by atoms with Crippen molar-refractivity contribution in [1.29, 1.82) is 5.26 Å². The minimum atomic E-state index is 0.0740. The monoisotopic (exact) mass is 140 g/mol. The van der Waals surface area contributed by atoms with Crippen LogP contribution in [-0.2, 0) is 0 Å². The molecule has 1 unspecified atom stereocenters. The molecular formula is C8H16N2. The van der Waals surface area contributed by atoms with Crippen LogP contribution in [0.5, 0.6) is 0 Å². The summed E-state index contributed by atoms with van der Waals surface area (Å²) in [5.41, 5.74) is 0. The Balaban J connectivity index is 3.33.